The fourth-order valence-electron chi connectivity index (χ4n) is 2.44. The van der Waals surface area contributed by atoms with Crippen LogP contribution in [-0.2, 0) is 18.4 Å². The number of aromatic nitrogens is 5. The van der Waals surface area contributed by atoms with Gasteiger partial charge >= 0.3 is 0 Å². The van der Waals surface area contributed by atoms with Crippen LogP contribution in [0, 0.1) is 0 Å². The molecule has 0 aromatic carbocycles. The highest BCUT2D eigenvalue weighted by Gasteiger charge is 2.19. The number of nitrogens with zero attached hydrogens (tertiary/aromatic N) is 5. The van der Waals surface area contributed by atoms with E-state index in [4.69, 9.17) is 0 Å². The fraction of sp³-hybridized carbons (Fsp3) is 0.250. The summed E-state index contributed by atoms with van der Waals surface area (Å²) in [5, 5.41) is 10.1. The summed E-state index contributed by atoms with van der Waals surface area (Å²) in [6.07, 6.45) is 10.4. The van der Waals surface area contributed by atoms with Crippen molar-refractivity contribution < 1.29 is 4.79 Å². The van der Waals surface area contributed by atoms with Crippen LogP contribution in [0.4, 0.5) is 0 Å². The number of pyridine rings is 1. The summed E-state index contributed by atoms with van der Waals surface area (Å²) in [6.45, 7) is 0.418. The van der Waals surface area contributed by atoms with Crippen LogP contribution in [-0.4, -0.2) is 37.3 Å². The molecule has 3 aromatic heterocycles. The smallest absolute Gasteiger partial charge is 0.242 e. The van der Waals surface area contributed by atoms with Gasteiger partial charge in [-0.1, -0.05) is 0 Å². The third-order valence-corrected chi connectivity index (χ3v) is 3.65. The molecule has 1 unspecified atom stereocenters. The number of aryl methyl sites for hydroxylation is 1. The molecule has 0 bridgehead atoms. The van der Waals surface area contributed by atoms with Crippen molar-refractivity contribution in [1.29, 1.82) is 0 Å². The van der Waals surface area contributed by atoms with Gasteiger partial charge < -0.3 is 10.6 Å². The Morgan fingerprint density at radius 2 is 2.25 bits per heavy atom. The number of carbonyl (C=O) groups excluding carboxylic acids is 1. The molecule has 0 aliphatic rings. The molecule has 1 atom stereocenters. The summed E-state index contributed by atoms with van der Waals surface area (Å²) >= 11 is 0. The first kappa shape index (κ1) is 15.9. The van der Waals surface area contributed by atoms with E-state index >= 15 is 0 Å². The molecule has 8 heteroatoms. The summed E-state index contributed by atoms with van der Waals surface area (Å²) in [6, 6.07) is 3.35. The van der Waals surface area contributed by atoms with Crippen molar-refractivity contribution in [3.8, 4) is 5.82 Å². The van der Waals surface area contributed by atoms with Crippen LogP contribution >= 0.6 is 0 Å². The summed E-state index contributed by atoms with van der Waals surface area (Å²) in [5.41, 5.74) is 1.79. The van der Waals surface area contributed by atoms with E-state index in [1.807, 2.05) is 36.1 Å². The molecule has 3 heterocycles. The highest BCUT2D eigenvalue weighted by molar-refractivity contribution is 5.83. The zero-order valence-electron chi connectivity index (χ0n) is 13.5. The number of likely N-dealkylation sites (N-methyl/N-ethyl adjacent to an activating group) is 1. The first-order valence-corrected chi connectivity index (χ1v) is 7.54. The van der Waals surface area contributed by atoms with Gasteiger partial charge in [-0.15, -0.1) is 0 Å². The quantitative estimate of drug-likeness (QED) is 0.692. The van der Waals surface area contributed by atoms with E-state index < -0.39 is 6.04 Å². The topological polar surface area (TPSA) is 89.7 Å². The minimum absolute atomic E-state index is 0.105. The van der Waals surface area contributed by atoms with Crippen LogP contribution in [0.25, 0.3) is 5.82 Å². The molecule has 0 spiro atoms. The Morgan fingerprint density at radius 1 is 1.38 bits per heavy atom. The van der Waals surface area contributed by atoms with Crippen LogP contribution in [0.5, 0.6) is 0 Å². The maximum Gasteiger partial charge on any atom is 0.242 e. The Bertz CT molecular complexity index is 809. The van der Waals surface area contributed by atoms with Crippen LogP contribution < -0.4 is 10.6 Å². The van der Waals surface area contributed by atoms with Gasteiger partial charge in [-0.2, -0.15) is 5.10 Å². The van der Waals surface area contributed by atoms with Crippen molar-refractivity contribution in [1.82, 2.24) is 34.9 Å². The van der Waals surface area contributed by atoms with E-state index in [-0.39, 0.29) is 5.91 Å². The largest absolute Gasteiger partial charge is 0.350 e. The minimum atomic E-state index is -0.436. The van der Waals surface area contributed by atoms with E-state index in [0.29, 0.717) is 6.54 Å². The van der Waals surface area contributed by atoms with Gasteiger partial charge in [0.25, 0.3) is 0 Å². The third-order valence-electron chi connectivity index (χ3n) is 3.65. The highest BCUT2D eigenvalue weighted by atomic mass is 16.2. The highest BCUT2D eigenvalue weighted by Crippen LogP contribution is 2.12. The van der Waals surface area contributed by atoms with Gasteiger partial charge in [0.2, 0.25) is 5.91 Å². The van der Waals surface area contributed by atoms with Crippen LogP contribution in [0.1, 0.15) is 17.2 Å². The molecule has 8 nitrogen and oxygen atoms in total. The molecule has 0 radical (unpaired) electrons. The van der Waals surface area contributed by atoms with E-state index in [1.165, 1.54) is 0 Å². The Morgan fingerprint density at radius 3 is 2.92 bits per heavy atom. The van der Waals surface area contributed by atoms with Gasteiger partial charge in [0.15, 0.2) is 0 Å². The Kier molecular flexibility index (Phi) is 4.66. The first-order valence-electron chi connectivity index (χ1n) is 7.54. The standard InChI is InChI=1S/C16H19N7O/c1-17-15(13-9-21-22(2)10-13)16(24)20-8-12-3-4-19-14(7-12)23-6-5-18-11-23/h3-7,9-11,15,17H,8H2,1-2H3,(H,20,24). The van der Waals surface area contributed by atoms with E-state index in [0.717, 1.165) is 16.9 Å². The fourth-order valence-corrected chi connectivity index (χ4v) is 2.44. The molecule has 3 rings (SSSR count). The van der Waals surface area contributed by atoms with Crippen molar-refractivity contribution in [2.45, 2.75) is 12.6 Å². The molecule has 0 fully saturated rings. The van der Waals surface area contributed by atoms with Crippen molar-refractivity contribution in [3.05, 3.63) is 60.6 Å². The second-order valence-corrected chi connectivity index (χ2v) is 5.38. The summed E-state index contributed by atoms with van der Waals surface area (Å²) < 4.78 is 3.49. The summed E-state index contributed by atoms with van der Waals surface area (Å²) in [7, 11) is 3.57. The molecular weight excluding hydrogens is 306 g/mol. The molecule has 0 saturated carbocycles. The monoisotopic (exact) mass is 325 g/mol. The average Bonchev–Trinajstić information content (AvgIpc) is 3.26. The molecular formula is C16H19N7O. The minimum Gasteiger partial charge on any atom is -0.350 e. The summed E-state index contributed by atoms with van der Waals surface area (Å²) in [5.74, 6) is 0.656. The number of hydrogen-bond acceptors (Lipinski definition) is 5. The first-order chi connectivity index (χ1) is 11.7. The van der Waals surface area contributed by atoms with Gasteiger partial charge in [0.1, 0.15) is 18.2 Å². The van der Waals surface area contributed by atoms with Crippen molar-refractivity contribution in [2.24, 2.45) is 7.05 Å². The average molecular weight is 325 g/mol. The second-order valence-electron chi connectivity index (χ2n) is 5.38. The van der Waals surface area contributed by atoms with Crippen LogP contribution in [0.15, 0.2) is 49.4 Å². The van der Waals surface area contributed by atoms with Gasteiger partial charge in [-0.25, -0.2) is 9.97 Å². The van der Waals surface area contributed by atoms with E-state index in [9.17, 15) is 4.79 Å². The number of rotatable bonds is 6. The van der Waals surface area contributed by atoms with Gasteiger partial charge in [0.05, 0.1) is 6.20 Å². The van der Waals surface area contributed by atoms with Gasteiger partial charge in [-0.3, -0.25) is 14.0 Å². The molecule has 124 valence electrons. The van der Waals surface area contributed by atoms with Crippen LogP contribution in [0.3, 0.4) is 0 Å². The third kappa shape index (κ3) is 3.49. The van der Waals surface area contributed by atoms with Crippen LogP contribution in [0.2, 0.25) is 0 Å². The van der Waals surface area contributed by atoms with Gasteiger partial charge in [0, 0.05) is 43.9 Å². The molecule has 0 saturated heterocycles. The Labute approximate surface area is 139 Å². The number of imidazole rings is 1. The maximum absolute atomic E-state index is 12.4. The lowest BCUT2D eigenvalue weighted by molar-refractivity contribution is -0.123. The Balaban J connectivity index is 1.66. The number of nitrogens with one attached hydrogen (secondary N) is 2. The molecule has 0 aliphatic heterocycles. The molecule has 1 amide bonds. The number of hydrogen-bond donors (Lipinski definition) is 2. The van der Waals surface area contributed by atoms with Gasteiger partial charge in [-0.05, 0) is 24.7 Å². The molecule has 24 heavy (non-hydrogen) atoms. The number of amides is 1. The van der Waals surface area contributed by atoms with Crippen molar-refractivity contribution >= 4 is 5.91 Å². The molecule has 3 aromatic rings. The van der Waals surface area contributed by atoms with Crippen molar-refractivity contribution in [2.75, 3.05) is 7.05 Å². The lowest BCUT2D eigenvalue weighted by atomic mass is 10.1. The number of carbonyl (C=O) groups is 1. The summed E-state index contributed by atoms with van der Waals surface area (Å²) in [4.78, 5) is 20.7. The lowest BCUT2D eigenvalue weighted by Crippen LogP contribution is -2.35. The molecule has 0 aliphatic carbocycles. The van der Waals surface area contributed by atoms with E-state index in [2.05, 4.69) is 25.7 Å². The zero-order valence-corrected chi connectivity index (χ0v) is 13.5. The van der Waals surface area contributed by atoms with E-state index in [1.54, 1.807) is 36.6 Å². The predicted octanol–water partition coefficient (Wildman–Crippen LogP) is 0.578. The lowest BCUT2D eigenvalue weighted by Gasteiger charge is -2.14. The second kappa shape index (κ2) is 7.05. The maximum atomic E-state index is 12.4. The molecule has 2 N–H and O–H groups in total. The Hall–Kier alpha value is -3.00. The normalized spacial score (nSPS) is 12.1. The SMILES string of the molecule is CNC(C(=O)NCc1ccnc(-n2ccnc2)c1)c1cnn(C)c1. The predicted molar refractivity (Wildman–Crippen MR) is 88.2 cm³/mol. The zero-order chi connectivity index (χ0) is 16.9. The van der Waals surface area contributed by atoms with Crippen molar-refractivity contribution in [3.63, 3.8) is 0 Å².